The van der Waals surface area contributed by atoms with E-state index in [0.717, 1.165) is 43.6 Å². The molecule has 1 saturated heterocycles. The van der Waals surface area contributed by atoms with Gasteiger partial charge in [0.05, 0.1) is 0 Å². The summed E-state index contributed by atoms with van der Waals surface area (Å²) < 4.78 is 0. The second-order valence-corrected chi connectivity index (χ2v) is 9.35. The lowest BCUT2D eigenvalue weighted by molar-refractivity contribution is -0.137. The van der Waals surface area contributed by atoms with E-state index >= 15 is 0 Å². The topological polar surface area (TPSA) is 60.9 Å². The highest BCUT2D eigenvalue weighted by molar-refractivity contribution is 6.12. The maximum atomic E-state index is 14.0. The van der Waals surface area contributed by atoms with Gasteiger partial charge in [0.1, 0.15) is 12.0 Å². The number of fused-ring (bicyclic) bond motifs is 1. The summed E-state index contributed by atoms with van der Waals surface area (Å²) in [4.78, 5) is 29.5. The lowest BCUT2D eigenvalue weighted by atomic mass is 9.72. The molecule has 0 spiro atoms. The van der Waals surface area contributed by atoms with Crippen LogP contribution in [0.4, 0.5) is 5.69 Å². The number of anilines is 1. The molecule has 0 bridgehead atoms. The molecule has 2 heterocycles. The quantitative estimate of drug-likeness (QED) is 0.563. The first-order valence-electron chi connectivity index (χ1n) is 12.1. The van der Waals surface area contributed by atoms with Gasteiger partial charge in [0.25, 0.3) is 0 Å². The Labute approximate surface area is 200 Å². The molecular formula is C29H30N2O3. The molecule has 34 heavy (non-hydrogen) atoms. The first-order valence-corrected chi connectivity index (χ1v) is 12.1. The number of amides is 1. The molecule has 0 aliphatic carbocycles. The normalized spacial score (nSPS) is 20.9. The van der Waals surface area contributed by atoms with Crippen molar-refractivity contribution in [3.05, 3.63) is 102 Å². The summed E-state index contributed by atoms with van der Waals surface area (Å²) in [5.74, 6) is -0.558. The number of hydrogen-bond donors (Lipinski definition) is 1. The molecule has 0 saturated carbocycles. The smallest absolute Gasteiger partial charge is 0.323 e. The van der Waals surface area contributed by atoms with Crippen LogP contribution >= 0.6 is 0 Å². The van der Waals surface area contributed by atoms with Crippen molar-refractivity contribution in [3.8, 4) is 0 Å². The van der Waals surface area contributed by atoms with Crippen molar-refractivity contribution >= 4 is 17.6 Å². The Balaban J connectivity index is 1.41. The van der Waals surface area contributed by atoms with Crippen LogP contribution in [0.1, 0.15) is 41.9 Å². The van der Waals surface area contributed by atoms with Crippen molar-refractivity contribution in [2.45, 2.75) is 30.6 Å². The molecule has 5 nitrogen and oxygen atoms in total. The standard InChI is InChI=1S/C29H30N2O3/c32-27(33)21-31-26-14-8-7-13-25(26)29(28(31)34,24-11-5-2-6-12-24)17-20-30-18-15-23(16-19-30)22-9-3-1-4-10-22/h1-14,23H,15-21H2,(H,32,33). The second-order valence-electron chi connectivity index (χ2n) is 9.35. The predicted molar refractivity (Wildman–Crippen MR) is 133 cm³/mol. The highest BCUT2D eigenvalue weighted by Crippen LogP contribution is 2.48. The zero-order chi connectivity index (χ0) is 23.5. The second kappa shape index (κ2) is 9.43. The van der Waals surface area contributed by atoms with Gasteiger partial charge in [-0.25, -0.2) is 0 Å². The number of hydrogen-bond acceptors (Lipinski definition) is 3. The SMILES string of the molecule is O=C(O)CN1C(=O)C(CCN2CCC(c3ccccc3)CC2)(c2ccccc2)c2ccccc21. The van der Waals surface area contributed by atoms with Crippen molar-refractivity contribution < 1.29 is 14.7 Å². The summed E-state index contributed by atoms with van der Waals surface area (Å²) >= 11 is 0. The van der Waals surface area contributed by atoms with Gasteiger partial charge in [0.2, 0.25) is 5.91 Å². The molecular weight excluding hydrogens is 424 g/mol. The minimum absolute atomic E-state index is 0.138. The number of piperidine rings is 1. The monoisotopic (exact) mass is 454 g/mol. The molecule has 174 valence electrons. The number of carbonyl (C=O) groups excluding carboxylic acids is 1. The third-order valence-electron chi connectivity index (χ3n) is 7.49. The Bertz CT molecular complexity index is 1160. The first kappa shape index (κ1) is 22.4. The summed E-state index contributed by atoms with van der Waals surface area (Å²) in [7, 11) is 0. The molecule has 3 aromatic rings. The number of aliphatic carboxylic acids is 1. The number of rotatable bonds is 7. The van der Waals surface area contributed by atoms with Crippen molar-refractivity contribution in [1.82, 2.24) is 4.90 Å². The van der Waals surface area contributed by atoms with E-state index in [1.54, 1.807) is 0 Å². The largest absolute Gasteiger partial charge is 0.480 e. The van der Waals surface area contributed by atoms with E-state index in [-0.39, 0.29) is 12.5 Å². The lowest BCUT2D eigenvalue weighted by Crippen LogP contribution is -2.45. The first-order chi connectivity index (χ1) is 16.6. The number of nitrogens with zero attached hydrogens (tertiary/aromatic N) is 2. The van der Waals surface area contributed by atoms with Crippen molar-refractivity contribution in [1.29, 1.82) is 0 Å². The minimum Gasteiger partial charge on any atom is -0.480 e. The van der Waals surface area contributed by atoms with Crippen molar-refractivity contribution in [3.63, 3.8) is 0 Å². The Morgan fingerprint density at radius 3 is 2.18 bits per heavy atom. The predicted octanol–water partition coefficient (Wildman–Crippen LogP) is 4.67. The molecule has 1 fully saturated rings. The molecule has 5 heteroatoms. The van der Waals surface area contributed by atoms with Crippen molar-refractivity contribution in [2.75, 3.05) is 31.1 Å². The molecule has 1 amide bonds. The number of likely N-dealkylation sites (tertiary alicyclic amines) is 1. The van der Waals surface area contributed by atoms with Gasteiger partial charge in [-0.15, -0.1) is 0 Å². The fourth-order valence-corrected chi connectivity index (χ4v) is 5.75. The number of carbonyl (C=O) groups is 2. The lowest BCUT2D eigenvalue weighted by Gasteiger charge is -2.36. The van der Waals surface area contributed by atoms with Gasteiger partial charge in [-0.1, -0.05) is 78.9 Å². The van der Waals surface area contributed by atoms with Crippen molar-refractivity contribution in [2.24, 2.45) is 0 Å². The Kier molecular flexibility index (Phi) is 6.20. The molecule has 2 aliphatic heterocycles. The summed E-state index contributed by atoms with van der Waals surface area (Å²) in [5, 5.41) is 9.51. The van der Waals surface area contributed by atoms with E-state index in [2.05, 4.69) is 35.2 Å². The highest BCUT2D eigenvalue weighted by atomic mass is 16.4. The summed E-state index contributed by atoms with van der Waals surface area (Å²) in [6.07, 6.45) is 2.84. The van der Waals surface area contributed by atoms with Gasteiger partial charge < -0.3 is 10.0 Å². The third kappa shape index (κ3) is 4.01. The van der Waals surface area contributed by atoms with E-state index in [0.29, 0.717) is 18.0 Å². The molecule has 3 aromatic carbocycles. The van der Waals surface area contributed by atoms with Gasteiger partial charge in [-0.2, -0.15) is 0 Å². The molecule has 5 rings (SSSR count). The van der Waals surface area contributed by atoms with E-state index in [9.17, 15) is 14.7 Å². The molecule has 1 unspecified atom stereocenters. The van der Waals surface area contributed by atoms with Crippen LogP contribution in [0.15, 0.2) is 84.9 Å². The van der Waals surface area contributed by atoms with Gasteiger partial charge in [0, 0.05) is 5.69 Å². The Morgan fingerprint density at radius 1 is 0.882 bits per heavy atom. The number of benzene rings is 3. The van der Waals surface area contributed by atoms with Crippen LogP contribution in [0.5, 0.6) is 0 Å². The Hall–Kier alpha value is -3.44. The van der Waals surface area contributed by atoms with Crippen LogP contribution in [-0.4, -0.2) is 48.1 Å². The van der Waals surface area contributed by atoms with Gasteiger partial charge in [0.15, 0.2) is 0 Å². The van der Waals surface area contributed by atoms with Crippen LogP contribution in [0.3, 0.4) is 0 Å². The highest BCUT2D eigenvalue weighted by Gasteiger charge is 2.52. The van der Waals surface area contributed by atoms with Gasteiger partial charge in [-0.3, -0.25) is 14.5 Å². The van der Waals surface area contributed by atoms with E-state index in [1.807, 2.05) is 54.6 Å². The summed E-state index contributed by atoms with van der Waals surface area (Å²) in [6.45, 7) is 2.46. The average molecular weight is 455 g/mol. The summed E-state index contributed by atoms with van der Waals surface area (Å²) in [6, 6.07) is 28.3. The molecule has 2 aliphatic rings. The van der Waals surface area contributed by atoms with Crippen LogP contribution in [0.2, 0.25) is 0 Å². The van der Waals surface area contributed by atoms with E-state index in [1.165, 1.54) is 10.5 Å². The maximum absolute atomic E-state index is 14.0. The van der Waals surface area contributed by atoms with E-state index in [4.69, 9.17) is 0 Å². The Morgan fingerprint density at radius 2 is 1.50 bits per heavy atom. The fraction of sp³-hybridized carbons (Fsp3) is 0.310. The van der Waals surface area contributed by atoms with E-state index < -0.39 is 11.4 Å². The van der Waals surface area contributed by atoms with Crippen LogP contribution in [0, 0.1) is 0 Å². The van der Waals surface area contributed by atoms with Gasteiger partial charge in [-0.05, 0) is 67.6 Å². The minimum atomic E-state index is -1.00. The van der Waals surface area contributed by atoms with Crippen LogP contribution < -0.4 is 4.90 Å². The molecule has 1 atom stereocenters. The summed E-state index contributed by atoms with van der Waals surface area (Å²) in [5.41, 5.74) is 3.09. The number of carboxylic acid groups (broad SMARTS) is 1. The maximum Gasteiger partial charge on any atom is 0.323 e. The fourth-order valence-electron chi connectivity index (χ4n) is 5.75. The number of para-hydroxylation sites is 1. The molecule has 0 aromatic heterocycles. The average Bonchev–Trinajstić information content (AvgIpc) is 3.12. The zero-order valence-corrected chi connectivity index (χ0v) is 19.3. The third-order valence-corrected chi connectivity index (χ3v) is 7.49. The molecule has 1 N–H and O–H groups in total. The number of carboxylic acids is 1. The van der Waals surface area contributed by atoms with Crippen LogP contribution in [-0.2, 0) is 15.0 Å². The molecule has 0 radical (unpaired) electrons. The zero-order valence-electron chi connectivity index (χ0n) is 19.3. The van der Waals surface area contributed by atoms with Crippen LogP contribution in [0.25, 0.3) is 0 Å². The van der Waals surface area contributed by atoms with Gasteiger partial charge >= 0.3 is 5.97 Å².